The fraction of sp³-hybridized carbons (Fsp3) is 0.222. The highest BCUT2D eigenvalue weighted by molar-refractivity contribution is 5.99. The van der Waals surface area contributed by atoms with Crippen LogP contribution < -0.4 is 20.3 Å². The van der Waals surface area contributed by atoms with Gasteiger partial charge in [-0.2, -0.15) is 0 Å². The highest BCUT2D eigenvalue weighted by atomic mass is 16.5. The molecule has 0 radical (unpaired) electrons. The summed E-state index contributed by atoms with van der Waals surface area (Å²) in [5.41, 5.74) is 1.86. The van der Waals surface area contributed by atoms with Gasteiger partial charge in [-0.25, -0.2) is 0 Å². The lowest BCUT2D eigenvalue weighted by molar-refractivity contribution is -0.114. The Bertz CT molecular complexity index is 717. The Morgan fingerprint density at radius 3 is 2.46 bits per heavy atom. The molecule has 0 atom stereocenters. The third-order valence-electron chi connectivity index (χ3n) is 3.54. The molecule has 2 aromatic rings. The minimum atomic E-state index is -0.227. The van der Waals surface area contributed by atoms with Crippen molar-refractivity contribution in [1.29, 1.82) is 0 Å². The molecule has 0 aliphatic rings. The fourth-order valence-corrected chi connectivity index (χ4v) is 2.27. The summed E-state index contributed by atoms with van der Waals surface area (Å²) in [6.07, 6.45) is 0. The van der Waals surface area contributed by atoms with Crippen LogP contribution in [0.2, 0.25) is 0 Å². The van der Waals surface area contributed by atoms with Crippen molar-refractivity contribution in [1.82, 2.24) is 5.32 Å². The summed E-state index contributed by atoms with van der Waals surface area (Å²) < 4.78 is 5.24. The first kappa shape index (κ1) is 17.3. The predicted molar refractivity (Wildman–Crippen MR) is 94.7 cm³/mol. The molecule has 6 heteroatoms. The highest BCUT2D eigenvalue weighted by Gasteiger charge is 2.13. The lowest BCUT2D eigenvalue weighted by Crippen LogP contribution is -2.30. The zero-order valence-corrected chi connectivity index (χ0v) is 14.0. The van der Waals surface area contributed by atoms with Crippen molar-refractivity contribution < 1.29 is 14.3 Å². The number of hydrogen-bond donors (Lipinski definition) is 2. The van der Waals surface area contributed by atoms with Gasteiger partial charge in [-0.1, -0.05) is 18.2 Å². The summed E-state index contributed by atoms with van der Waals surface area (Å²) >= 11 is 0. The van der Waals surface area contributed by atoms with Crippen LogP contribution in [0.25, 0.3) is 0 Å². The molecule has 24 heavy (non-hydrogen) atoms. The van der Waals surface area contributed by atoms with Crippen molar-refractivity contribution in [2.24, 2.45) is 0 Å². The van der Waals surface area contributed by atoms with Crippen LogP contribution in [0.3, 0.4) is 0 Å². The van der Waals surface area contributed by atoms with Gasteiger partial charge >= 0.3 is 0 Å². The summed E-state index contributed by atoms with van der Waals surface area (Å²) in [5.74, 6) is 0.0710. The molecule has 2 aromatic carbocycles. The summed E-state index contributed by atoms with van der Waals surface area (Å²) in [6.45, 7) is 0.178. The lowest BCUT2D eigenvalue weighted by Gasteiger charge is -2.19. The largest absolute Gasteiger partial charge is 0.495 e. The molecule has 2 rings (SSSR count). The Kier molecular flexibility index (Phi) is 5.78. The van der Waals surface area contributed by atoms with E-state index in [1.807, 2.05) is 42.3 Å². The number of likely N-dealkylation sites (N-methyl/N-ethyl adjacent to an activating group) is 1. The van der Waals surface area contributed by atoms with E-state index in [9.17, 15) is 9.59 Å². The second kappa shape index (κ2) is 8.01. The van der Waals surface area contributed by atoms with Gasteiger partial charge in [0, 0.05) is 25.3 Å². The number of methoxy groups -OCH3 is 1. The second-order valence-electron chi connectivity index (χ2n) is 5.23. The van der Waals surface area contributed by atoms with E-state index < -0.39 is 0 Å². The Hall–Kier alpha value is -3.02. The van der Waals surface area contributed by atoms with Gasteiger partial charge in [0.05, 0.1) is 19.3 Å². The SMILES string of the molecule is CNC(=O)c1ccc(OC)c(NC(=O)CN(C)c2ccccc2)c1. The number of para-hydroxylation sites is 1. The molecule has 0 saturated heterocycles. The highest BCUT2D eigenvalue weighted by Crippen LogP contribution is 2.25. The smallest absolute Gasteiger partial charge is 0.251 e. The van der Waals surface area contributed by atoms with E-state index >= 15 is 0 Å². The van der Waals surface area contributed by atoms with E-state index in [0.29, 0.717) is 17.0 Å². The van der Waals surface area contributed by atoms with E-state index in [-0.39, 0.29) is 18.4 Å². The number of benzene rings is 2. The molecule has 0 unspecified atom stereocenters. The molecule has 0 aliphatic heterocycles. The predicted octanol–water partition coefficient (Wildman–Crippen LogP) is 2.13. The molecule has 0 spiro atoms. The number of anilines is 2. The van der Waals surface area contributed by atoms with Crippen molar-refractivity contribution in [3.8, 4) is 5.75 Å². The van der Waals surface area contributed by atoms with Crippen LogP contribution in [0.15, 0.2) is 48.5 Å². The van der Waals surface area contributed by atoms with Crippen LogP contribution in [-0.4, -0.2) is 39.6 Å². The van der Waals surface area contributed by atoms with E-state index in [0.717, 1.165) is 5.69 Å². The van der Waals surface area contributed by atoms with E-state index in [2.05, 4.69) is 10.6 Å². The van der Waals surface area contributed by atoms with Gasteiger partial charge in [0.1, 0.15) is 5.75 Å². The minimum absolute atomic E-state index is 0.178. The monoisotopic (exact) mass is 327 g/mol. The normalized spacial score (nSPS) is 9.96. The van der Waals surface area contributed by atoms with Gasteiger partial charge in [0.15, 0.2) is 0 Å². The molecule has 2 N–H and O–H groups in total. The molecule has 0 heterocycles. The number of hydrogen-bond acceptors (Lipinski definition) is 4. The van der Waals surface area contributed by atoms with Crippen molar-refractivity contribution in [2.75, 3.05) is 38.0 Å². The first-order valence-corrected chi connectivity index (χ1v) is 7.51. The first-order chi connectivity index (χ1) is 11.5. The van der Waals surface area contributed by atoms with Crippen molar-refractivity contribution in [3.63, 3.8) is 0 Å². The Balaban J connectivity index is 2.11. The average Bonchev–Trinajstić information content (AvgIpc) is 2.61. The van der Waals surface area contributed by atoms with Crippen LogP contribution in [0, 0.1) is 0 Å². The van der Waals surface area contributed by atoms with E-state index in [4.69, 9.17) is 4.74 Å². The van der Waals surface area contributed by atoms with Crippen LogP contribution >= 0.6 is 0 Å². The Morgan fingerprint density at radius 2 is 1.83 bits per heavy atom. The maximum absolute atomic E-state index is 12.3. The standard InChI is InChI=1S/C18H21N3O3/c1-19-18(23)13-9-10-16(24-3)15(11-13)20-17(22)12-21(2)14-7-5-4-6-8-14/h4-11H,12H2,1-3H3,(H,19,23)(H,20,22). The van der Waals surface area contributed by atoms with Gasteiger partial charge in [-0.3, -0.25) is 9.59 Å². The lowest BCUT2D eigenvalue weighted by atomic mass is 10.1. The van der Waals surface area contributed by atoms with Crippen molar-refractivity contribution in [3.05, 3.63) is 54.1 Å². The third kappa shape index (κ3) is 4.25. The van der Waals surface area contributed by atoms with E-state index in [1.165, 1.54) is 7.11 Å². The molecule has 0 bridgehead atoms. The van der Waals surface area contributed by atoms with Crippen molar-refractivity contribution in [2.45, 2.75) is 0 Å². The van der Waals surface area contributed by atoms with Gasteiger partial charge in [0.2, 0.25) is 5.91 Å². The molecule has 0 aromatic heterocycles. The van der Waals surface area contributed by atoms with Gasteiger partial charge in [-0.05, 0) is 30.3 Å². The topological polar surface area (TPSA) is 70.7 Å². The van der Waals surface area contributed by atoms with Crippen LogP contribution in [0.5, 0.6) is 5.75 Å². The number of carbonyl (C=O) groups is 2. The average molecular weight is 327 g/mol. The summed E-state index contributed by atoms with van der Waals surface area (Å²) in [6, 6.07) is 14.5. The molecular weight excluding hydrogens is 306 g/mol. The maximum Gasteiger partial charge on any atom is 0.251 e. The molecule has 2 amide bonds. The van der Waals surface area contributed by atoms with Crippen LogP contribution in [-0.2, 0) is 4.79 Å². The number of carbonyl (C=O) groups excluding carboxylic acids is 2. The van der Waals surface area contributed by atoms with Gasteiger partial charge < -0.3 is 20.3 Å². The quantitative estimate of drug-likeness (QED) is 0.853. The molecular formula is C18H21N3O3. The molecule has 0 saturated carbocycles. The Morgan fingerprint density at radius 1 is 1.12 bits per heavy atom. The summed E-state index contributed by atoms with van der Waals surface area (Å²) in [7, 11) is 4.91. The van der Waals surface area contributed by atoms with Gasteiger partial charge in [0.25, 0.3) is 5.91 Å². The minimum Gasteiger partial charge on any atom is -0.495 e. The number of nitrogens with zero attached hydrogens (tertiary/aromatic N) is 1. The zero-order chi connectivity index (χ0) is 17.5. The number of ether oxygens (including phenoxy) is 1. The number of rotatable bonds is 6. The van der Waals surface area contributed by atoms with Gasteiger partial charge in [-0.15, -0.1) is 0 Å². The molecule has 0 aliphatic carbocycles. The molecule has 0 fully saturated rings. The zero-order valence-electron chi connectivity index (χ0n) is 14.0. The Labute approximate surface area is 141 Å². The van der Waals surface area contributed by atoms with Crippen molar-refractivity contribution >= 4 is 23.2 Å². The van der Waals surface area contributed by atoms with Crippen LogP contribution in [0.4, 0.5) is 11.4 Å². The van der Waals surface area contributed by atoms with Crippen LogP contribution in [0.1, 0.15) is 10.4 Å². The second-order valence-corrected chi connectivity index (χ2v) is 5.23. The molecule has 6 nitrogen and oxygen atoms in total. The van der Waals surface area contributed by atoms with E-state index in [1.54, 1.807) is 25.2 Å². The number of nitrogens with one attached hydrogen (secondary N) is 2. The summed E-state index contributed by atoms with van der Waals surface area (Å²) in [5, 5.41) is 5.35. The summed E-state index contributed by atoms with van der Waals surface area (Å²) in [4.78, 5) is 25.9. The fourth-order valence-electron chi connectivity index (χ4n) is 2.27. The third-order valence-corrected chi connectivity index (χ3v) is 3.54. The first-order valence-electron chi connectivity index (χ1n) is 7.51. The molecule has 126 valence electrons. The maximum atomic E-state index is 12.3. The number of amides is 2.